The second-order valence-corrected chi connectivity index (χ2v) is 4.51. The number of aliphatic hydroxyl groups excluding tert-OH is 1. The Labute approximate surface area is 89.6 Å². The molecule has 1 aliphatic carbocycles. The normalized spacial score (nSPS) is 33.5. The molecule has 0 unspecified atom stereocenters. The molecule has 4 nitrogen and oxygen atoms in total. The van der Waals surface area contributed by atoms with Gasteiger partial charge in [0.05, 0.1) is 19.8 Å². The summed E-state index contributed by atoms with van der Waals surface area (Å²) < 4.78 is 9.80. The van der Waals surface area contributed by atoms with Gasteiger partial charge in [0.2, 0.25) is 5.60 Å². The fourth-order valence-corrected chi connectivity index (χ4v) is 2.49. The van der Waals surface area contributed by atoms with Crippen molar-refractivity contribution < 1.29 is 19.4 Å². The van der Waals surface area contributed by atoms with Crippen molar-refractivity contribution in [1.29, 1.82) is 0 Å². The summed E-state index contributed by atoms with van der Waals surface area (Å²) in [5.74, 6) is -0.235. The number of carbonyl (C=O) groups is 1. The fraction of sp³-hybridized carbons (Fsp3) is 0.909. The quantitative estimate of drug-likeness (QED) is 0.559. The Morgan fingerprint density at radius 1 is 1.47 bits per heavy atom. The number of rotatable bonds is 3. The molecular weight excluding hydrogens is 196 g/mol. The third-order valence-electron chi connectivity index (χ3n) is 3.56. The Hall–Kier alpha value is -0.610. The molecule has 1 saturated carbocycles. The van der Waals surface area contributed by atoms with Crippen molar-refractivity contribution in [1.82, 2.24) is 0 Å². The first kappa shape index (κ1) is 10.9. The zero-order valence-corrected chi connectivity index (χ0v) is 9.07. The Morgan fingerprint density at radius 3 is 2.53 bits per heavy atom. The van der Waals surface area contributed by atoms with E-state index in [1.165, 1.54) is 13.5 Å². The van der Waals surface area contributed by atoms with Crippen molar-refractivity contribution >= 4 is 5.97 Å². The van der Waals surface area contributed by atoms with Crippen LogP contribution in [-0.2, 0) is 14.3 Å². The van der Waals surface area contributed by atoms with E-state index in [1.807, 2.05) is 0 Å². The average Bonchev–Trinajstić information content (AvgIpc) is 3.09. The highest BCUT2D eigenvalue weighted by Crippen LogP contribution is 2.40. The topological polar surface area (TPSA) is 59.1 Å². The largest absolute Gasteiger partial charge is 0.467 e. The Bertz CT molecular complexity index is 241. The molecule has 2 fully saturated rings. The molecule has 4 heteroatoms. The van der Waals surface area contributed by atoms with Crippen LogP contribution in [-0.4, -0.2) is 36.5 Å². The predicted molar refractivity (Wildman–Crippen MR) is 53.3 cm³/mol. The molecule has 1 saturated heterocycles. The van der Waals surface area contributed by atoms with Gasteiger partial charge in [-0.25, -0.2) is 4.79 Å². The average molecular weight is 214 g/mol. The van der Waals surface area contributed by atoms with E-state index in [0.29, 0.717) is 6.61 Å². The van der Waals surface area contributed by atoms with E-state index >= 15 is 0 Å². The fourth-order valence-electron chi connectivity index (χ4n) is 2.49. The highest BCUT2D eigenvalue weighted by molar-refractivity contribution is 5.83. The van der Waals surface area contributed by atoms with E-state index in [2.05, 4.69) is 4.74 Å². The molecule has 1 aliphatic heterocycles. The minimum atomic E-state index is -1.03. The van der Waals surface area contributed by atoms with E-state index in [9.17, 15) is 9.90 Å². The van der Waals surface area contributed by atoms with Gasteiger partial charge in [-0.05, 0) is 18.8 Å². The van der Waals surface area contributed by atoms with E-state index < -0.39 is 17.7 Å². The lowest BCUT2D eigenvalue weighted by Crippen LogP contribution is -2.44. The molecular formula is C11H18O4. The van der Waals surface area contributed by atoms with Crippen LogP contribution < -0.4 is 0 Å². The first-order valence-corrected chi connectivity index (χ1v) is 5.61. The maximum atomic E-state index is 11.5. The smallest absolute Gasteiger partial charge is 0.343 e. The summed E-state index contributed by atoms with van der Waals surface area (Å²) in [6.45, 7) is 0.303. The predicted octanol–water partition coefficient (Wildman–Crippen LogP) is 0.870. The third-order valence-corrected chi connectivity index (χ3v) is 3.56. The van der Waals surface area contributed by atoms with Crippen LogP contribution in [0.2, 0.25) is 0 Å². The summed E-state index contributed by atoms with van der Waals surface area (Å²) >= 11 is 0. The zero-order chi connectivity index (χ0) is 10.9. The first-order chi connectivity index (χ1) is 7.20. The van der Waals surface area contributed by atoms with Gasteiger partial charge in [0.1, 0.15) is 0 Å². The molecule has 0 amide bonds. The molecule has 1 heterocycles. The van der Waals surface area contributed by atoms with Crippen LogP contribution >= 0.6 is 0 Å². The van der Waals surface area contributed by atoms with Crippen LogP contribution in [0.4, 0.5) is 0 Å². The molecule has 0 bridgehead atoms. The number of methoxy groups -OCH3 is 1. The molecule has 1 N–H and O–H groups in total. The Morgan fingerprint density at radius 2 is 2.07 bits per heavy atom. The number of hydrogen-bond acceptors (Lipinski definition) is 4. The number of ether oxygens (including phenoxy) is 2. The lowest BCUT2D eigenvalue weighted by atomic mass is 9.80. The third kappa shape index (κ3) is 1.88. The van der Waals surface area contributed by atoms with Gasteiger partial charge in [0, 0.05) is 0 Å². The van der Waals surface area contributed by atoms with Gasteiger partial charge >= 0.3 is 5.97 Å². The van der Waals surface area contributed by atoms with E-state index in [0.717, 1.165) is 25.7 Å². The minimum Gasteiger partial charge on any atom is -0.467 e. The lowest BCUT2D eigenvalue weighted by molar-refractivity contribution is -0.153. The second kappa shape index (κ2) is 4.10. The number of carbonyl (C=O) groups excluding carboxylic acids is 1. The van der Waals surface area contributed by atoms with Crippen molar-refractivity contribution in [3.8, 4) is 0 Å². The van der Waals surface area contributed by atoms with Gasteiger partial charge in [-0.15, -0.1) is 0 Å². The Kier molecular flexibility index (Phi) is 2.98. The monoisotopic (exact) mass is 214 g/mol. The molecule has 15 heavy (non-hydrogen) atoms. The maximum absolute atomic E-state index is 11.5. The summed E-state index contributed by atoms with van der Waals surface area (Å²) in [6, 6.07) is 0. The van der Waals surface area contributed by atoms with Gasteiger partial charge < -0.3 is 14.6 Å². The van der Waals surface area contributed by atoms with E-state index in [4.69, 9.17) is 4.74 Å². The van der Waals surface area contributed by atoms with E-state index in [-0.39, 0.29) is 5.92 Å². The van der Waals surface area contributed by atoms with Gasteiger partial charge in [-0.2, -0.15) is 0 Å². The molecule has 0 spiro atoms. The highest BCUT2D eigenvalue weighted by Gasteiger charge is 2.61. The number of epoxide rings is 1. The van der Waals surface area contributed by atoms with Crippen molar-refractivity contribution in [3.63, 3.8) is 0 Å². The standard InChI is InChI=1S/C11H18O4/c1-14-10(13)11(7-15-11)9(12)8-5-3-2-4-6-8/h8-9,12H,2-7H2,1H3/t9-,11-/m1/s1. The molecule has 0 radical (unpaired) electrons. The van der Waals surface area contributed by atoms with Gasteiger partial charge in [-0.3, -0.25) is 0 Å². The van der Waals surface area contributed by atoms with Gasteiger partial charge in [-0.1, -0.05) is 19.3 Å². The number of hydrogen-bond donors (Lipinski definition) is 1. The zero-order valence-electron chi connectivity index (χ0n) is 9.07. The number of aliphatic hydroxyl groups is 1. The molecule has 0 aromatic carbocycles. The van der Waals surface area contributed by atoms with Crippen molar-refractivity contribution in [2.75, 3.05) is 13.7 Å². The molecule has 2 rings (SSSR count). The SMILES string of the molecule is COC(=O)[C@]1([C@H](O)C2CCCCC2)CO1. The van der Waals surface area contributed by atoms with Crippen molar-refractivity contribution in [2.45, 2.75) is 43.8 Å². The van der Waals surface area contributed by atoms with Crippen LogP contribution in [0, 0.1) is 5.92 Å². The minimum absolute atomic E-state index is 0.195. The van der Waals surface area contributed by atoms with Gasteiger partial charge in [0.25, 0.3) is 0 Å². The molecule has 2 aliphatic rings. The van der Waals surface area contributed by atoms with Gasteiger partial charge in [0.15, 0.2) is 0 Å². The molecule has 2 atom stereocenters. The van der Waals surface area contributed by atoms with Crippen LogP contribution in [0.5, 0.6) is 0 Å². The summed E-state index contributed by atoms with van der Waals surface area (Å²) in [6.07, 6.45) is 4.80. The second-order valence-electron chi connectivity index (χ2n) is 4.51. The summed E-state index contributed by atoms with van der Waals surface area (Å²) in [5.41, 5.74) is -1.03. The summed E-state index contributed by atoms with van der Waals surface area (Å²) in [4.78, 5) is 11.5. The Balaban J connectivity index is 2.00. The van der Waals surface area contributed by atoms with Crippen LogP contribution in [0.15, 0.2) is 0 Å². The van der Waals surface area contributed by atoms with Crippen LogP contribution in [0.1, 0.15) is 32.1 Å². The van der Waals surface area contributed by atoms with E-state index in [1.54, 1.807) is 0 Å². The maximum Gasteiger partial charge on any atom is 0.343 e. The van der Waals surface area contributed by atoms with Crippen LogP contribution in [0.3, 0.4) is 0 Å². The lowest BCUT2D eigenvalue weighted by Gasteiger charge is -2.29. The summed E-state index contributed by atoms with van der Waals surface area (Å²) in [7, 11) is 1.33. The first-order valence-electron chi connectivity index (χ1n) is 5.61. The summed E-state index contributed by atoms with van der Waals surface area (Å²) in [5, 5.41) is 10.1. The number of esters is 1. The molecule has 0 aromatic rings. The van der Waals surface area contributed by atoms with Crippen molar-refractivity contribution in [2.24, 2.45) is 5.92 Å². The van der Waals surface area contributed by atoms with Crippen molar-refractivity contribution in [3.05, 3.63) is 0 Å². The molecule has 0 aromatic heterocycles. The highest BCUT2D eigenvalue weighted by atomic mass is 16.7. The molecule has 86 valence electrons. The van der Waals surface area contributed by atoms with Crippen LogP contribution in [0.25, 0.3) is 0 Å².